The molecule has 0 fully saturated rings. The Kier molecular flexibility index (Phi) is 3.50. The summed E-state index contributed by atoms with van der Waals surface area (Å²) < 4.78 is 10.7. The number of hydrogen-bond donors (Lipinski definition) is 2. The number of methoxy groups -OCH3 is 2. The Morgan fingerprint density at radius 1 is 0.840 bits per heavy atom. The second-order valence-corrected chi connectivity index (χ2v) is 6.04. The minimum absolute atomic E-state index is 0.151. The molecule has 0 amide bonds. The topological polar surface area (TPSA) is 67.1 Å². The van der Waals surface area contributed by atoms with Crippen LogP contribution in [-0.2, 0) is 0 Å². The van der Waals surface area contributed by atoms with Crippen molar-refractivity contribution in [3.8, 4) is 22.8 Å². The number of pyridine rings is 1. The van der Waals surface area contributed by atoms with E-state index in [1.54, 1.807) is 14.2 Å². The molecule has 4 aromatic rings. The van der Waals surface area contributed by atoms with Gasteiger partial charge in [-0.15, -0.1) is 0 Å². The van der Waals surface area contributed by atoms with Gasteiger partial charge in [-0.25, -0.2) is 0 Å². The van der Waals surface area contributed by atoms with E-state index in [9.17, 15) is 4.79 Å². The Morgan fingerprint density at radius 3 is 2.20 bits per heavy atom. The quantitative estimate of drug-likeness (QED) is 0.595. The lowest BCUT2D eigenvalue weighted by atomic mass is 10.1. The Labute approximate surface area is 144 Å². The molecule has 5 nitrogen and oxygen atoms in total. The predicted octanol–water partition coefficient (Wildman–Crippen LogP) is 4.00. The lowest BCUT2D eigenvalue weighted by Gasteiger charge is -2.07. The summed E-state index contributed by atoms with van der Waals surface area (Å²) in [6.45, 7) is 2.04. The Morgan fingerprint density at radius 2 is 1.52 bits per heavy atom. The Hall–Kier alpha value is -3.21. The van der Waals surface area contributed by atoms with Gasteiger partial charge in [-0.2, -0.15) is 0 Å². The average molecular weight is 334 g/mol. The molecular formula is C20H18N2O3. The average Bonchev–Trinajstić information content (AvgIpc) is 2.99. The monoisotopic (exact) mass is 334 g/mol. The zero-order valence-electron chi connectivity index (χ0n) is 14.3. The highest BCUT2D eigenvalue weighted by Gasteiger charge is 2.14. The minimum Gasteiger partial charge on any atom is -0.493 e. The van der Waals surface area contributed by atoms with Gasteiger partial charge in [0.25, 0.3) is 5.56 Å². The van der Waals surface area contributed by atoms with Crippen molar-refractivity contribution in [2.24, 2.45) is 0 Å². The molecule has 0 atom stereocenters. The van der Waals surface area contributed by atoms with Gasteiger partial charge < -0.3 is 19.4 Å². The molecule has 2 N–H and O–H groups in total. The maximum absolute atomic E-state index is 12.6. The van der Waals surface area contributed by atoms with Crippen molar-refractivity contribution >= 4 is 21.8 Å². The number of nitrogens with one attached hydrogen (secondary N) is 2. The van der Waals surface area contributed by atoms with Crippen molar-refractivity contribution in [2.75, 3.05) is 14.2 Å². The van der Waals surface area contributed by atoms with Gasteiger partial charge >= 0.3 is 0 Å². The minimum atomic E-state index is -0.151. The van der Waals surface area contributed by atoms with Crippen molar-refractivity contribution in [2.45, 2.75) is 6.92 Å². The van der Waals surface area contributed by atoms with Crippen LogP contribution < -0.4 is 15.0 Å². The summed E-state index contributed by atoms with van der Waals surface area (Å²) in [6.07, 6.45) is 0. The summed E-state index contributed by atoms with van der Waals surface area (Å²) in [6, 6.07) is 13.8. The van der Waals surface area contributed by atoms with E-state index < -0.39 is 0 Å². The van der Waals surface area contributed by atoms with Crippen LogP contribution in [0.4, 0.5) is 0 Å². The van der Waals surface area contributed by atoms with Gasteiger partial charge in [-0.05, 0) is 24.6 Å². The molecule has 2 aromatic carbocycles. The fourth-order valence-electron chi connectivity index (χ4n) is 3.12. The molecule has 0 unspecified atom stereocenters. The highest BCUT2D eigenvalue weighted by atomic mass is 16.5. The zero-order chi connectivity index (χ0) is 17.6. The largest absolute Gasteiger partial charge is 0.493 e. The van der Waals surface area contributed by atoms with Gasteiger partial charge in [0.1, 0.15) is 5.52 Å². The molecule has 126 valence electrons. The summed E-state index contributed by atoms with van der Waals surface area (Å²) in [5.74, 6) is 1.25. The van der Waals surface area contributed by atoms with Gasteiger partial charge in [0, 0.05) is 22.5 Å². The number of benzene rings is 2. The maximum Gasteiger partial charge on any atom is 0.272 e. The van der Waals surface area contributed by atoms with E-state index in [2.05, 4.69) is 9.97 Å². The van der Waals surface area contributed by atoms with Crippen molar-refractivity contribution in [1.29, 1.82) is 0 Å². The van der Waals surface area contributed by atoms with Gasteiger partial charge in [0.15, 0.2) is 11.5 Å². The van der Waals surface area contributed by atoms with Gasteiger partial charge in [0.2, 0.25) is 0 Å². The van der Waals surface area contributed by atoms with E-state index in [4.69, 9.17) is 9.47 Å². The van der Waals surface area contributed by atoms with Crippen LogP contribution in [-0.4, -0.2) is 24.2 Å². The molecule has 0 bridgehead atoms. The van der Waals surface area contributed by atoms with E-state index in [1.807, 2.05) is 49.4 Å². The van der Waals surface area contributed by atoms with Crippen LogP contribution in [0.3, 0.4) is 0 Å². The van der Waals surface area contributed by atoms with Crippen molar-refractivity contribution in [1.82, 2.24) is 9.97 Å². The first-order chi connectivity index (χ1) is 12.1. The fourth-order valence-corrected chi connectivity index (χ4v) is 3.12. The maximum atomic E-state index is 12.6. The lowest BCUT2D eigenvalue weighted by Crippen LogP contribution is -2.06. The highest BCUT2D eigenvalue weighted by molar-refractivity contribution is 6.08. The SMILES string of the molecule is COc1cc2[nH]c3c(=O)[nH]c(-c4ccc(C)cc4)cc3c2cc1OC. The Balaban J connectivity index is 2.02. The van der Waals surface area contributed by atoms with Gasteiger partial charge in [-0.3, -0.25) is 4.79 Å². The van der Waals surface area contributed by atoms with Gasteiger partial charge in [0.05, 0.1) is 19.7 Å². The summed E-state index contributed by atoms with van der Waals surface area (Å²) in [5.41, 5.74) is 4.16. The highest BCUT2D eigenvalue weighted by Crippen LogP contribution is 2.35. The smallest absolute Gasteiger partial charge is 0.272 e. The summed E-state index contributed by atoms with van der Waals surface area (Å²) in [4.78, 5) is 18.7. The number of aryl methyl sites for hydroxylation is 1. The molecule has 2 heterocycles. The first-order valence-electron chi connectivity index (χ1n) is 7.98. The van der Waals surface area contributed by atoms with Crippen LogP contribution in [0.25, 0.3) is 33.1 Å². The first-order valence-corrected chi connectivity index (χ1v) is 7.98. The molecule has 4 rings (SSSR count). The zero-order valence-corrected chi connectivity index (χ0v) is 14.3. The normalized spacial score (nSPS) is 11.2. The summed E-state index contributed by atoms with van der Waals surface area (Å²) in [5, 5.41) is 1.78. The molecule has 0 saturated carbocycles. The molecule has 0 aliphatic carbocycles. The van der Waals surface area contributed by atoms with E-state index in [0.29, 0.717) is 17.0 Å². The van der Waals surface area contributed by atoms with Crippen molar-refractivity contribution < 1.29 is 9.47 Å². The number of aromatic nitrogens is 2. The summed E-state index contributed by atoms with van der Waals surface area (Å²) >= 11 is 0. The molecule has 0 aliphatic rings. The van der Waals surface area contributed by atoms with Crippen LogP contribution in [0.5, 0.6) is 11.5 Å². The second-order valence-electron chi connectivity index (χ2n) is 6.04. The number of aromatic amines is 2. The Bertz CT molecular complexity index is 1140. The molecule has 0 spiro atoms. The number of fused-ring (bicyclic) bond motifs is 3. The van der Waals surface area contributed by atoms with Crippen LogP contribution in [0, 0.1) is 6.92 Å². The van der Waals surface area contributed by atoms with Crippen LogP contribution >= 0.6 is 0 Å². The summed E-state index contributed by atoms with van der Waals surface area (Å²) in [7, 11) is 3.19. The molecule has 0 aliphatic heterocycles. The van der Waals surface area contributed by atoms with Gasteiger partial charge in [-0.1, -0.05) is 29.8 Å². The second kappa shape index (κ2) is 5.70. The first kappa shape index (κ1) is 15.3. The molecule has 5 heteroatoms. The fraction of sp³-hybridized carbons (Fsp3) is 0.150. The lowest BCUT2D eigenvalue weighted by molar-refractivity contribution is 0.356. The molecular weight excluding hydrogens is 316 g/mol. The third-order valence-corrected chi connectivity index (χ3v) is 4.47. The van der Waals surface area contributed by atoms with E-state index in [-0.39, 0.29) is 5.56 Å². The molecule has 2 aromatic heterocycles. The van der Waals surface area contributed by atoms with E-state index in [0.717, 1.165) is 27.5 Å². The number of rotatable bonds is 3. The number of H-pyrrole nitrogens is 2. The standard InChI is InChI=1S/C20H18N2O3/c1-11-4-6-12(7-5-11)15-8-14-13-9-17(24-2)18(25-3)10-16(13)21-19(14)20(23)22-15/h4-10,21H,1-3H3,(H,22,23). The van der Waals surface area contributed by atoms with E-state index >= 15 is 0 Å². The van der Waals surface area contributed by atoms with Crippen LogP contribution in [0.15, 0.2) is 47.3 Å². The third-order valence-electron chi connectivity index (χ3n) is 4.47. The van der Waals surface area contributed by atoms with Crippen LogP contribution in [0.1, 0.15) is 5.56 Å². The third kappa shape index (κ3) is 2.45. The molecule has 0 saturated heterocycles. The van der Waals surface area contributed by atoms with Crippen molar-refractivity contribution in [3.63, 3.8) is 0 Å². The number of ether oxygens (including phenoxy) is 2. The molecule has 25 heavy (non-hydrogen) atoms. The van der Waals surface area contributed by atoms with E-state index in [1.165, 1.54) is 5.56 Å². The van der Waals surface area contributed by atoms with Crippen molar-refractivity contribution in [3.05, 3.63) is 58.4 Å². The number of hydrogen-bond acceptors (Lipinski definition) is 3. The van der Waals surface area contributed by atoms with Crippen LogP contribution in [0.2, 0.25) is 0 Å². The molecule has 0 radical (unpaired) electrons. The predicted molar refractivity (Wildman–Crippen MR) is 99.7 cm³/mol.